The predicted octanol–water partition coefficient (Wildman–Crippen LogP) is 2.86. The van der Waals surface area contributed by atoms with Crippen LogP contribution in [0.1, 0.15) is 22.4 Å². The maximum absolute atomic E-state index is 5.63. The molecule has 0 spiro atoms. The summed E-state index contributed by atoms with van der Waals surface area (Å²) in [6, 6.07) is 6.42. The lowest BCUT2D eigenvalue weighted by molar-refractivity contribution is 0.176. The summed E-state index contributed by atoms with van der Waals surface area (Å²) in [5.41, 5.74) is 6.13. The lowest BCUT2D eigenvalue weighted by Crippen LogP contribution is -2.49. The van der Waals surface area contributed by atoms with Gasteiger partial charge in [0.1, 0.15) is 0 Å². The summed E-state index contributed by atoms with van der Waals surface area (Å²) in [4.78, 5) is 4.74. The van der Waals surface area contributed by atoms with Crippen molar-refractivity contribution in [2.75, 3.05) is 31.5 Å². The van der Waals surface area contributed by atoms with Crippen molar-refractivity contribution in [1.82, 2.24) is 19.6 Å². The fourth-order valence-electron chi connectivity index (χ4n) is 3.11. The van der Waals surface area contributed by atoms with Crippen LogP contribution in [0.3, 0.4) is 0 Å². The van der Waals surface area contributed by atoms with Crippen LogP contribution in [-0.2, 0) is 13.6 Å². The highest BCUT2D eigenvalue weighted by Crippen LogP contribution is 2.18. The first-order chi connectivity index (χ1) is 11.9. The van der Waals surface area contributed by atoms with E-state index in [2.05, 4.69) is 59.2 Å². The van der Waals surface area contributed by atoms with E-state index in [1.807, 2.05) is 17.9 Å². The maximum atomic E-state index is 5.63. The van der Waals surface area contributed by atoms with Crippen molar-refractivity contribution in [3.05, 3.63) is 46.8 Å². The number of nitrogens with zero attached hydrogens (tertiary/aromatic N) is 4. The minimum absolute atomic E-state index is 0.825. The molecule has 0 saturated carbocycles. The largest absolute Gasteiger partial charge is 0.346 e. The molecule has 1 aromatic heterocycles. The second-order valence-electron chi connectivity index (χ2n) is 6.89. The van der Waals surface area contributed by atoms with Crippen LogP contribution in [0.2, 0.25) is 0 Å². The highest BCUT2D eigenvalue weighted by molar-refractivity contribution is 7.80. The SMILES string of the molecule is Cc1ccc(C)c(NC(=S)N2CCN(Cc3cnn(C)c3C)CC2)c1. The van der Waals surface area contributed by atoms with E-state index < -0.39 is 0 Å². The van der Waals surface area contributed by atoms with Gasteiger partial charge in [-0.3, -0.25) is 9.58 Å². The van der Waals surface area contributed by atoms with E-state index in [1.165, 1.54) is 22.4 Å². The van der Waals surface area contributed by atoms with Crippen LogP contribution in [0, 0.1) is 20.8 Å². The molecule has 5 nitrogen and oxygen atoms in total. The van der Waals surface area contributed by atoms with Gasteiger partial charge in [-0.05, 0) is 50.2 Å². The Kier molecular flexibility index (Phi) is 5.39. The third-order valence-electron chi connectivity index (χ3n) is 5.03. The smallest absolute Gasteiger partial charge is 0.173 e. The van der Waals surface area contributed by atoms with Gasteiger partial charge in [0.05, 0.1) is 6.20 Å². The zero-order valence-electron chi connectivity index (χ0n) is 15.5. The van der Waals surface area contributed by atoms with E-state index in [1.54, 1.807) is 0 Å². The van der Waals surface area contributed by atoms with Gasteiger partial charge in [0.15, 0.2) is 5.11 Å². The number of anilines is 1. The first-order valence-corrected chi connectivity index (χ1v) is 9.18. The third kappa shape index (κ3) is 4.19. The molecule has 1 fully saturated rings. The van der Waals surface area contributed by atoms with Crippen LogP contribution in [-0.4, -0.2) is 50.9 Å². The number of benzene rings is 1. The lowest BCUT2D eigenvalue weighted by Gasteiger charge is -2.36. The second kappa shape index (κ2) is 7.54. The van der Waals surface area contributed by atoms with E-state index in [4.69, 9.17) is 12.2 Å². The second-order valence-corrected chi connectivity index (χ2v) is 7.28. The van der Waals surface area contributed by atoms with Crippen molar-refractivity contribution >= 4 is 23.0 Å². The van der Waals surface area contributed by atoms with Crippen LogP contribution in [0.4, 0.5) is 5.69 Å². The summed E-state index contributed by atoms with van der Waals surface area (Å²) in [6.45, 7) is 11.2. The molecule has 1 aliphatic rings. The zero-order valence-corrected chi connectivity index (χ0v) is 16.4. The van der Waals surface area contributed by atoms with Gasteiger partial charge < -0.3 is 10.2 Å². The number of hydrogen-bond donors (Lipinski definition) is 1. The molecule has 2 heterocycles. The molecule has 1 N–H and O–H groups in total. The minimum Gasteiger partial charge on any atom is -0.346 e. The van der Waals surface area contributed by atoms with Gasteiger partial charge in [-0.1, -0.05) is 12.1 Å². The standard InChI is InChI=1S/C19H27N5S/c1-14-5-6-15(2)18(11-14)21-19(25)24-9-7-23(8-10-24)13-17-12-20-22(4)16(17)3/h5-6,11-12H,7-10,13H2,1-4H3,(H,21,25). The molecule has 134 valence electrons. The van der Waals surface area contributed by atoms with E-state index in [-0.39, 0.29) is 0 Å². The Labute approximate surface area is 155 Å². The Morgan fingerprint density at radius 2 is 1.88 bits per heavy atom. The quantitative estimate of drug-likeness (QED) is 0.855. The molecule has 0 unspecified atom stereocenters. The van der Waals surface area contributed by atoms with E-state index in [0.29, 0.717) is 0 Å². The van der Waals surface area contributed by atoms with Crippen molar-refractivity contribution in [3.8, 4) is 0 Å². The molecule has 1 saturated heterocycles. The maximum Gasteiger partial charge on any atom is 0.173 e. The van der Waals surface area contributed by atoms with Gasteiger partial charge in [-0.15, -0.1) is 0 Å². The van der Waals surface area contributed by atoms with Gasteiger partial charge in [0, 0.05) is 56.7 Å². The number of thiocarbonyl (C=S) groups is 1. The highest BCUT2D eigenvalue weighted by Gasteiger charge is 2.20. The van der Waals surface area contributed by atoms with Gasteiger partial charge >= 0.3 is 0 Å². The fraction of sp³-hybridized carbons (Fsp3) is 0.474. The molecule has 3 rings (SSSR count). The highest BCUT2D eigenvalue weighted by atomic mass is 32.1. The molecule has 0 amide bonds. The molecule has 25 heavy (non-hydrogen) atoms. The van der Waals surface area contributed by atoms with Gasteiger partial charge in [0.25, 0.3) is 0 Å². The Balaban J connectivity index is 1.54. The number of hydrogen-bond acceptors (Lipinski definition) is 3. The summed E-state index contributed by atoms with van der Waals surface area (Å²) in [5.74, 6) is 0. The normalized spacial score (nSPS) is 15.4. The van der Waals surface area contributed by atoms with Gasteiger partial charge in [-0.2, -0.15) is 5.10 Å². The average Bonchev–Trinajstić information content (AvgIpc) is 2.91. The van der Waals surface area contributed by atoms with Crippen LogP contribution in [0.5, 0.6) is 0 Å². The molecule has 0 atom stereocenters. The zero-order chi connectivity index (χ0) is 18.0. The molecular weight excluding hydrogens is 330 g/mol. The minimum atomic E-state index is 0.825. The lowest BCUT2D eigenvalue weighted by atomic mass is 10.1. The Hall–Kier alpha value is -1.92. The van der Waals surface area contributed by atoms with Crippen molar-refractivity contribution in [3.63, 3.8) is 0 Å². The molecule has 1 aliphatic heterocycles. The van der Waals surface area contributed by atoms with Crippen molar-refractivity contribution in [2.24, 2.45) is 7.05 Å². The average molecular weight is 358 g/mol. The van der Waals surface area contributed by atoms with Crippen LogP contribution in [0.25, 0.3) is 0 Å². The number of aromatic nitrogens is 2. The number of nitrogens with one attached hydrogen (secondary N) is 1. The van der Waals surface area contributed by atoms with Gasteiger partial charge in [-0.25, -0.2) is 0 Å². The monoisotopic (exact) mass is 357 g/mol. The summed E-state index contributed by atoms with van der Waals surface area (Å²) >= 11 is 5.63. The molecular formula is C19H27N5S. The molecule has 1 aromatic carbocycles. The molecule has 2 aromatic rings. The molecule has 6 heteroatoms. The summed E-state index contributed by atoms with van der Waals surface area (Å²) in [5, 5.41) is 8.58. The summed E-state index contributed by atoms with van der Waals surface area (Å²) < 4.78 is 1.94. The summed E-state index contributed by atoms with van der Waals surface area (Å²) in [6.07, 6.45) is 1.98. The Bertz CT molecular complexity index is 759. The summed E-state index contributed by atoms with van der Waals surface area (Å²) in [7, 11) is 1.99. The number of aryl methyl sites for hydroxylation is 3. The fourth-order valence-corrected chi connectivity index (χ4v) is 3.41. The van der Waals surface area contributed by atoms with E-state index >= 15 is 0 Å². The Morgan fingerprint density at radius 3 is 2.52 bits per heavy atom. The molecule has 0 bridgehead atoms. The van der Waals surface area contributed by atoms with Gasteiger partial charge in [0.2, 0.25) is 0 Å². The first kappa shape index (κ1) is 17.9. The van der Waals surface area contributed by atoms with E-state index in [0.717, 1.165) is 43.5 Å². The third-order valence-corrected chi connectivity index (χ3v) is 5.39. The number of piperazine rings is 1. The van der Waals surface area contributed by atoms with Crippen LogP contribution in [0.15, 0.2) is 24.4 Å². The van der Waals surface area contributed by atoms with Crippen LogP contribution < -0.4 is 5.32 Å². The van der Waals surface area contributed by atoms with E-state index in [9.17, 15) is 0 Å². The number of rotatable bonds is 3. The molecule has 0 aliphatic carbocycles. The van der Waals surface area contributed by atoms with Crippen molar-refractivity contribution in [2.45, 2.75) is 27.3 Å². The first-order valence-electron chi connectivity index (χ1n) is 8.77. The Morgan fingerprint density at radius 1 is 1.16 bits per heavy atom. The van der Waals surface area contributed by atoms with Crippen molar-refractivity contribution < 1.29 is 0 Å². The van der Waals surface area contributed by atoms with Crippen molar-refractivity contribution in [1.29, 1.82) is 0 Å². The van der Waals surface area contributed by atoms with Crippen LogP contribution >= 0.6 is 12.2 Å². The predicted molar refractivity (Wildman–Crippen MR) is 107 cm³/mol. The topological polar surface area (TPSA) is 36.3 Å². The molecule has 0 radical (unpaired) electrons.